The second kappa shape index (κ2) is 11.7. The molecule has 0 bridgehead atoms. The zero-order valence-corrected chi connectivity index (χ0v) is 21.2. The van der Waals surface area contributed by atoms with Gasteiger partial charge in [0, 0.05) is 50.5 Å². The van der Waals surface area contributed by atoms with Crippen LogP contribution in [0.4, 0.5) is 0 Å². The fourth-order valence-corrected chi connectivity index (χ4v) is 4.68. The lowest BCUT2D eigenvalue weighted by atomic mass is 10.1. The van der Waals surface area contributed by atoms with Crippen LogP contribution in [0.1, 0.15) is 17.2 Å². The molecule has 0 amide bonds. The molecule has 0 spiro atoms. The molecule has 31 heavy (non-hydrogen) atoms. The van der Waals surface area contributed by atoms with Crippen molar-refractivity contribution in [2.24, 2.45) is 12.0 Å². The number of aliphatic imine (C=N–C) groups is 1. The number of halogens is 1. The average Bonchev–Trinajstić information content (AvgIpc) is 3.23. The number of rotatable bonds is 6. The van der Waals surface area contributed by atoms with Gasteiger partial charge in [-0.15, -0.1) is 24.0 Å². The van der Waals surface area contributed by atoms with E-state index in [0.29, 0.717) is 6.61 Å². The zero-order chi connectivity index (χ0) is 20.8. The molecular weight excluding hydrogens is 521 g/mol. The molecule has 0 saturated carbocycles. The van der Waals surface area contributed by atoms with E-state index in [-0.39, 0.29) is 30.1 Å². The van der Waals surface area contributed by atoms with Crippen LogP contribution in [-0.2, 0) is 17.5 Å². The van der Waals surface area contributed by atoms with Crippen molar-refractivity contribution in [3.05, 3.63) is 66.0 Å². The van der Waals surface area contributed by atoms with E-state index in [2.05, 4.69) is 62.8 Å². The average molecular weight is 551 g/mol. The van der Waals surface area contributed by atoms with E-state index in [4.69, 9.17) is 4.74 Å². The number of hydrogen-bond acceptors (Lipinski definition) is 4. The normalized spacial score (nSPS) is 16.9. The predicted octanol–water partition coefficient (Wildman–Crippen LogP) is 4.07. The molecule has 1 unspecified atom stereocenters. The number of aryl methyl sites for hydroxylation is 1. The Bertz CT molecular complexity index is 1000. The molecule has 2 heterocycles. The smallest absolute Gasteiger partial charge is 0.193 e. The van der Waals surface area contributed by atoms with E-state index in [0.717, 1.165) is 42.7 Å². The molecule has 8 heteroatoms. The van der Waals surface area contributed by atoms with Gasteiger partial charge in [0.05, 0.1) is 19.3 Å². The predicted molar refractivity (Wildman–Crippen MR) is 140 cm³/mol. The van der Waals surface area contributed by atoms with Crippen LogP contribution in [0.2, 0.25) is 0 Å². The molecule has 0 aliphatic carbocycles. The number of morpholine rings is 1. The highest BCUT2D eigenvalue weighted by Gasteiger charge is 2.24. The molecule has 1 saturated heterocycles. The van der Waals surface area contributed by atoms with Gasteiger partial charge in [0.1, 0.15) is 6.10 Å². The fraction of sp³-hybridized carbons (Fsp3) is 0.391. The summed E-state index contributed by atoms with van der Waals surface area (Å²) in [6.07, 6.45) is 3.94. The van der Waals surface area contributed by atoms with Crippen molar-refractivity contribution in [1.29, 1.82) is 0 Å². The number of thioether (sulfide) groups is 1. The maximum Gasteiger partial charge on any atom is 0.193 e. The Balaban J connectivity index is 0.00000272. The summed E-state index contributed by atoms with van der Waals surface area (Å²) >= 11 is 1.95. The Hall–Kier alpha value is -1.78. The van der Waals surface area contributed by atoms with Crippen LogP contribution in [0.15, 0.2) is 59.9 Å². The van der Waals surface area contributed by atoms with Gasteiger partial charge >= 0.3 is 0 Å². The van der Waals surface area contributed by atoms with E-state index in [9.17, 15) is 0 Å². The summed E-state index contributed by atoms with van der Waals surface area (Å²) in [5.41, 5.74) is 2.51. The summed E-state index contributed by atoms with van der Waals surface area (Å²) in [6, 6.07) is 15.2. The number of benzene rings is 2. The summed E-state index contributed by atoms with van der Waals surface area (Å²) in [7, 11) is 3.78. The summed E-state index contributed by atoms with van der Waals surface area (Å²) in [6.45, 7) is 3.21. The fourth-order valence-electron chi connectivity index (χ4n) is 3.82. The van der Waals surface area contributed by atoms with Crippen LogP contribution < -0.4 is 5.32 Å². The number of hydrogen-bond donors (Lipinski definition) is 1. The van der Waals surface area contributed by atoms with Gasteiger partial charge in [0.25, 0.3) is 0 Å². The monoisotopic (exact) mass is 551 g/mol. The molecule has 166 valence electrons. The second-order valence-electron chi connectivity index (χ2n) is 7.42. The summed E-state index contributed by atoms with van der Waals surface area (Å²) in [4.78, 5) is 6.76. The van der Waals surface area contributed by atoms with Crippen molar-refractivity contribution in [3.8, 4) is 0 Å². The largest absolute Gasteiger partial charge is 0.370 e. The third kappa shape index (κ3) is 6.14. The van der Waals surface area contributed by atoms with Crippen LogP contribution in [0.5, 0.6) is 0 Å². The Morgan fingerprint density at radius 1 is 1.26 bits per heavy atom. The summed E-state index contributed by atoms with van der Waals surface area (Å²) < 4.78 is 7.76. The number of aromatic nitrogens is 2. The van der Waals surface area contributed by atoms with Crippen LogP contribution in [0.25, 0.3) is 10.8 Å². The van der Waals surface area contributed by atoms with Crippen molar-refractivity contribution < 1.29 is 4.74 Å². The third-order valence-electron chi connectivity index (χ3n) is 5.34. The quantitative estimate of drug-likeness (QED) is 0.217. The first-order valence-corrected chi connectivity index (χ1v) is 11.5. The van der Waals surface area contributed by atoms with Crippen molar-refractivity contribution >= 4 is 52.5 Å². The van der Waals surface area contributed by atoms with Crippen molar-refractivity contribution in [2.75, 3.05) is 39.0 Å². The van der Waals surface area contributed by atoms with Gasteiger partial charge in [-0.05, 0) is 16.3 Å². The Labute approximate surface area is 205 Å². The highest BCUT2D eigenvalue weighted by Crippen LogP contribution is 2.23. The van der Waals surface area contributed by atoms with E-state index in [1.54, 1.807) is 0 Å². The topological polar surface area (TPSA) is 54.7 Å². The van der Waals surface area contributed by atoms with Gasteiger partial charge in [-0.25, -0.2) is 0 Å². The maximum atomic E-state index is 5.95. The van der Waals surface area contributed by atoms with Gasteiger partial charge in [0.2, 0.25) is 0 Å². The van der Waals surface area contributed by atoms with Crippen LogP contribution >= 0.6 is 35.7 Å². The summed E-state index contributed by atoms with van der Waals surface area (Å²) in [5.74, 6) is 2.99. The van der Waals surface area contributed by atoms with Gasteiger partial charge < -0.3 is 15.0 Å². The molecule has 1 N–H and O–H groups in total. The minimum absolute atomic E-state index is 0. The van der Waals surface area contributed by atoms with Gasteiger partial charge in [-0.3, -0.25) is 9.67 Å². The number of nitrogens with zero attached hydrogens (tertiary/aromatic N) is 4. The second-order valence-corrected chi connectivity index (χ2v) is 8.52. The van der Waals surface area contributed by atoms with E-state index >= 15 is 0 Å². The van der Waals surface area contributed by atoms with Gasteiger partial charge in [-0.2, -0.15) is 16.9 Å². The van der Waals surface area contributed by atoms with Crippen molar-refractivity contribution in [1.82, 2.24) is 20.0 Å². The molecule has 0 radical (unpaired) electrons. The van der Waals surface area contributed by atoms with E-state index in [1.165, 1.54) is 16.3 Å². The lowest BCUT2D eigenvalue weighted by Crippen LogP contribution is -2.48. The Morgan fingerprint density at radius 3 is 2.90 bits per heavy atom. The maximum absolute atomic E-state index is 5.95. The Morgan fingerprint density at radius 2 is 2.10 bits per heavy atom. The minimum Gasteiger partial charge on any atom is -0.370 e. The van der Waals surface area contributed by atoms with Crippen molar-refractivity contribution in [3.63, 3.8) is 0 Å². The number of nitrogens with one attached hydrogen (secondary N) is 1. The minimum atomic E-state index is 0. The standard InChI is InChI=1S/C23H29N5OS.HI/c1-24-23(28-11-12-29-22(16-28)20-14-26-27(2)15-20)25-10-13-30-17-19-8-5-7-18-6-3-4-9-21(18)19;/h3-9,14-15,22H,10-13,16-17H2,1-2H3,(H,24,25);1H. The molecule has 1 aliphatic heterocycles. The lowest BCUT2D eigenvalue weighted by Gasteiger charge is -2.34. The molecule has 2 aromatic carbocycles. The van der Waals surface area contributed by atoms with E-state index in [1.807, 2.05) is 42.9 Å². The SMILES string of the molecule is CN=C(NCCSCc1cccc2ccccc12)N1CCOC(c2cnn(C)c2)C1.I. The van der Waals surface area contributed by atoms with Crippen LogP contribution in [-0.4, -0.2) is 59.7 Å². The Kier molecular flexibility index (Phi) is 9.03. The molecule has 1 fully saturated rings. The molecule has 4 rings (SSSR count). The highest BCUT2D eigenvalue weighted by atomic mass is 127. The molecule has 1 aliphatic rings. The first-order chi connectivity index (χ1) is 14.7. The highest BCUT2D eigenvalue weighted by molar-refractivity contribution is 14.0. The molecule has 1 aromatic heterocycles. The van der Waals surface area contributed by atoms with Crippen molar-refractivity contribution in [2.45, 2.75) is 11.9 Å². The van der Waals surface area contributed by atoms with Gasteiger partial charge in [0.15, 0.2) is 5.96 Å². The molecule has 6 nitrogen and oxygen atoms in total. The first-order valence-electron chi connectivity index (χ1n) is 10.3. The number of guanidine groups is 1. The lowest BCUT2D eigenvalue weighted by molar-refractivity contribution is -0.00798. The molecule has 3 aromatic rings. The zero-order valence-electron chi connectivity index (χ0n) is 18.0. The molecular formula is C23H30IN5OS. The number of fused-ring (bicyclic) bond motifs is 1. The van der Waals surface area contributed by atoms with Gasteiger partial charge in [-0.1, -0.05) is 42.5 Å². The summed E-state index contributed by atoms with van der Waals surface area (Å²) in [5, 5.41) is 10.4. The van der Waals surface area contributed by atoms with Crippen LogP contribution in [0, 0.1) is 0 Å². The van der Waals surface area contributed by atoms with E-state index < -0.39 is 0 Å². The third-order valence-corrected chi connectivity index (χ3v) is 6.35. The molecule has 1 atom stereocenters. The van der Waals surface area contributed by atoms with Crippen LogP contribution in [0.3, 0.4) is 0 Å². The number of ether oxygens (including phenoxy) is 1. The first kappa shape index (κ1) is 23.9.